The van der Waals surface area contributed by atoms with Gasteiger partial charge < -0.3 is 15.4 Å². The number of hydrogen-bond acceptors (Lipinski definition) is 5. The number of aromatic nitrogens is 2. The number of halogens is 1. The van der Waals surface area contributed by atoms with Gasteiger partial charge in [-0.15, -0.1) is 0 Å². The van der Waals surface area contributed by atoms with Gasteiger partial charge in [0.25, 0.3) is 0 Å². The van der Waals surface area contributed by atoms with Crippen molar-refractivity contribution < 1.29 is 13.9 Å². The highest BCUT2D eigenvalue weighted by molar-refractivity contribution is 5.92. The topological polar surface area (TPSA) is 93.4 Å². The summed E-state index contributed by atoms with van der Waals surface area (Å²) < 4.78 is 18.3. The Morgan fingerprint density at radius 3 is 2.65 bits per heavy atom. The van der Waals surface area contributed by atoms with Crippen molar-refractivity contribution in [2.75, 3.05) is 31.2 Å². The molecule has 2 aromatic heterocycles. The molecule has 8 heteroatoms. The van der Waals surface area contributed by atoms with Crippen molar-refractivity contribution >= 4 is 17.5 Å². The molecule has 1 saturated heterocycles. The van der Waals surface area contributed by atoms with Crippen LogP contribution in [0, 0.1) is 11.7 Å². The molecule has 3 heterocycles. The summed E-state index contributed by atoms with van der Waals surface area (Å²) >= 11 is 0. The van der Waals surface area contributed by atoms with Crippen LogP contribution in [0.2, 0.25) is 0 Å². The average Bonchev–Trinajstić information content (AvgIpc) is 2.74. The monoisotopic (exact) mass is 421 g/mol. The average molecular weight is 421 g/mol. The van der Waals surface area contributed by atoms with E-state index in [-0.39, 0.29) is 11.8 Å². The van der Waals surface area contributed by atoms with Crippen LogP contribution in [-0.2, 0) is 17.8 Å². The number of carbonyl (C=O) groups is 1. The van der Waals surface area contributed by atoms with Crippen molar-refractivity contribution in [3.63, 3.8) is 0 Å². The second-order valence-electron chi connectivity index (χ2n) is 7.64. The molecule has 0 bridgehead atoms. The quantitative estimate of drug-likeness (QED) is 0.633. The molecular formula is C23H24FN5O2. The number of rotatable bonds is 6. The molecule has 7 nitrogen and oxygen atoms in total. The molecule has 0 atom stereocenters. The molecule has 3 N–H and O–H groups in total. The Balaban J connectivity index is 1.33. The molecule has 0 saturated carbocycles. The van der Waals surface area contributed by atoms with Gasteiger partial charge in [0.1, 0.15) is 5.82 Å². The second-order valence-corrected chi connectivity index (χ2v) is 7.64. The summed E-state index contributed by atoms with van der Waals surface area (Å²) in [6.45, 7) is 1.83. The van der Waals surface area contributed by atoms with Gasteiger partial charge in [-0.2, -0.15) is 0 Å². The summed E-state index contributed by atoms with van der Waals surface area (Å²) in [6, 6.07) is 13.2. The number of benzene rings is 1. The Labute approximate surface area is 180 Å². The summed E-state index contributed by atoms with van der Waals surface area (Å²) in [4.78, 5) is 23.2. The van der Waals surface area contributed by atoms with E-state index in [1.54, 1.807) is 36.3 Å². The molecular weight excluding hydrogens is 397 g/mol. The van der Waals surface area contributed by atoms with E-state index in [2.05, 4.69) is 15.3 Å². The normalized spacial score (nSPS) is 13.7. The third-order valence-electron chi connectivity index (χ3n) is 5.23. The third kappa shape index (κ3) is 4.97. The highest BCUT2D eigenvalue weighted by Crippen LogP contribution is 2.25. The summed E-state index contributed by atoms with van der Waals surface area (Å²) in [7, 11) is 1.66. The van der Waals surface area contributed by atoms with Gasteiger partial charge in [-0.05, 0) is 60.4 Å². The number of likely N-dealkylation sites (tertiary alicyclic amines) is 1. The van der Waals surface area contributed by atoms with E-state index < -0.39 is 0 Å². The molecule has 0 spiro atoms. The molecule has 160 valence electrons. The zero-order valence-electron chi connectivity index (χ0n) is 17.2. The fourth-order valence-corrected chi connectivity index (χ4v) is 3.52. The van der Waals surface area contributed by atoms with Gasteiger partial charge >= 0.3 is 6.03 Å². The molecule has 3 aromatic rings. The maximum absolute atomic E-state index is 13.2. The van der Waals surface area contributed by atoms with Crippen LogP contribution in [-0.4, -0.2) is 41.1 Å². The molecule has 1 aromatic carbocycles. The Hall–Kier alpha value is -3.52. The van der Waals surface area contributed by atoms with Crippen LogP contribution in [0.4, 0.5) is 20.7 Å². The number of amides is 2. The lowest BCUT2D eigenvalue weighted by Crippen LogP contribution is -2.52. The number of nitrogens with one attached hydrogen (secondary N) is 1. The highest BCUT2D eigenvalue weighted by Gasteiger charge is 2.31. The van der Waals surface area contributed by atoms with Crippen molar-refractivity contribution in [1.82, 2.24) is 14.9 Å². The van der Waals surface area contributed by atoms with Crippen molar-refractivity contribution in [2.24, 2.45) is 5.92 Å². The largest absolute Gasteiger partial charge is 0.396 e. The zero-order valence-corrected chi connectivity index (χ0v) is 17.2. The summed E-state index contributed by atoms with van der Waals surface area (Å²) in [6.07, 6.45) is 2.64. The third-order valence-corrected chi connectivity index (χ3v) is 5.23. The van der Waals surface area contributed by atoms with Gasteiger partial charge in [0, 0.05) is 37.7 Å². The fourth-order valence-electron chi connectivity index (χ4n) is 3.52. The molecule has 0 radical (unpaired) electrons. The first-order valence-corrected chi connectivity index (χ1v) is 10.0. The number of anilines is 2. The van der Waals surface area contributed by atoms with Crippen molar-refractivity contribution in [1.29, 1.82) is 0 Å². The summed E-state index contributed by atoms with van der Waals surface area (Å²) in [5.41, 5.74) is 9.75. The number of hydrogen-bond donors (Lipinski definition) is 2. The number of methoxy groups -OCH3 is 1. The van der Waals surface area contributed by atoms with E-state index in [0.29, 0.717) is 42.8 Å². The van der Waals surface area contributed by atoms with Gasteiger partial charge in [0.15, 0.2) is 5.82 Å². The first-order valence-electron chi connectivity index (χ1n) is 10.0. The number of urea groups is 1. The summed E-state index contributed by atoms with van der Waals surface area (Å²) in [5.74, 6) is 0.342. The Kier molecular flexibility index (Phi) is 6.08. The Bertz CT molecular complexity index is 1050. The molecule has 1 aliphatic heterocycles. The standard InChI is InChI=1S/C23H24FN5O2/c1-31-14-15-2-7-19(26-11-15)10-16-12-29(13-16)23(30)28-22-20(25)8-9-21(27-22)17-3-5-18(24)6-4-17/h2-9,11,16H,10,12-14,25H2,1H3,(H,27,28,30). The van der Waals surface area contributed by atoms with Gasteiger partial charge in [0.2, 0.25) is 0 Å². The van der Waals surface area contributed by atoms with E-state index >= 15 is 0 Å². The predicted molar refractivity (Wildman–Crippen MR) is 117 cm³/mol. The van der Waals surface area contributed by atoms with Crippen LogP contribution in [0.5, 0.6) is 0 Å². The van der Waals surface area contributed by atoms with Crippen molar-refractivity contribution in [3.05, 3.63) is 71.8 Å². The molecule has 31 heavy (non-hydrogen) atoms. The molecule has 1 fully saturated rings. The van der Waals surface area contributed by atoms with E-state index in [1.165, 1.54) is 12.1 Å². The molecule has 4 rings (SSSR count). The molecule has 0 aliphatic carbocycles. The summed E-state index contributed by atoms with van der Waals surface area (Å²) in [5, 5.41) is 2.79. The minimum atomic E-state index is -0.318. The first kappa shape index (κ1) is 20.7. The van der Waals surface area contributed by atoms with E-state index in [0.717, 1.165) is 23.2 Å². The lowest BCUT2D eigenvalue weighted by atomic mass is 9.94. The minimum Gasteiger partial charge on any atom is -0.396 e. The predicted octanol–water partition coefficient (Wildman–Crippen LogP) is 3.72. The van der Waals surface area contributed by atoms with Crippen LogP contribution in [0.25, 0.3) is 11.3 Å². The second kappa shape index (κ2) is 9.09. The number of nitrogen functional groups attached to an aromatic ring is 1. The van der Waals surface area contributed by atoms with Gasteiger partial charge in [0.05, 0.1) is 18.0 Å². The Morgan fingerprint density at radius 2 is 1.97 bits per heavy atom. The number of nitrogens with two attached hydrogens (primary N) is 1. The smallest absolute Gasteiger partial charge is 0.323 e. The Morgan fingerprint density at radius 1 is 1.19 bits per heavy atom. The number of pyridine rings is 2. The van der Waals surface area contributed by atoms with Crippen LogP contribution < -0.4 is 11.1 Å². The number of nitrogens with zero attached hydrogens (tertiary/aromatic N) is 3. The number of carbonyl (C=O) groups excluding carboxylic acids is 1. The van der Waals surface area contributed by atoms with Crippen molar-refractivity contribution in [2.45, 2.75) is 13.0 Å². The lowest BCUT2D eigenvalue weighted by Gasteiger charge is -2.39. The lowest BCUT2D eigenvalue weighted by molar-refractivity contribution is 0.130. The van der Waals surface area contributed by atoms with Crippen LogP contribution in [0.15, 0.2) is 54.7 Å². The van der Waals surface area contributed by atoms with Gasteiger partial charge in [-0.3, -0.25) is 10.3 Å². The maximum atomic E-state index is 13.2. The maximum Gasteiger partial charge on any atom is 0.323 e. The molecule has 2 amide bonds. The molecule has 0 unspecified atom stereocenters. The SMILES string of the molecule is COCc1ccc(CC2CN(C(=O)Nc3nc(-c4ccc(F)cc4)ccc3N)C2)nc1. The van der Waals surface area contributed by atoms with E-state index in [9.17, 15) is 9.18 Å². The van der Waals surface area contributed by atoms with Crippen molar-refractivity contribution in [3.8, 4) is 11.3 Å². The molecule has 1 aliphatic rings. The van der Waals surface area contributed by atoms with Crippen LogP contribution in [0.3, 0.4) is 0 Å². The number of ether oxygens (including phenoxy) is 1. The van der Waals surface area contributed by atoms with Crippen LogP contribution in [0.1, 0.15) is 11.3 Å². The fraction of sp³-hybridized carbons (Fsp3) is 0.261. The van der Waals surface area contributed by atoms with E-state index in [1.807, 2.05) is 18.3 Å². The first-order chi connectivity index (χ1) is 15.0. The zero-order chi connectivity index (χ0) is 21.8. The van der Waals surface area contributed by atoms with Gasteiger partial charge in [-0.1, -0.05) is 6.07 Å². The van der Waals surface area contributed by atoms with Gasteiger partial charge in [-0.25, -0.2) is 14.2 Å². The van der Waals surface area contributed by atoms with Crippen LogP contribution >= 0.6 is 0 Å². The van der Waals surface area contributed by atoms with E-state index in [4.69, 9.17) is 10.5 Å². The highest BCUT2D eigenvalue weighted by atomic mass is 19.1. The minimum absolute atomic E-state index is 0.241.